The van der Waals surface area contributed by atoms with Crippen molar-refractivity contribution >= 4 is 22.6 Å². The molecule has 0 spiro atoms. The fraction of sp³-hybridized carbons (Fsp3) is 0.364. The van der Waals surface area contributed by atoms with E-state index in [2.05, 4.69) is 25.4 Å². The molecule has 0 atom stereocenters. The number of nitrogens with zero attached hydrogens (tertiary/aromatic N) is 4. The van der Waals surface area contributed by atoms with Crippen LogP contribution >= 0.6 is 11.6 Å². The van der Waals surface area contributed by atoms with Crippen molar-refractivity contribution in [3.05, 3.63) is 51.6 Å². The van der Waals surface area contributed by atoms with E-state index in [1.165, 1.54) is 32.1 Å². The molecule has 5 rings (SSSR count). The highest BCUT2D eigenvalue weighted by atomic mass is 35.5. The molecular formula is C22H22ClN5O2. The smallest absolute Gasteiger partial charge is 0.344 e. The zero-order valence-electron chi connectivity index (χ0n) is 16.7. The Morgan fingerprint density at radius 1 is 1.23 bits per heavy atom. The number of hydrogen-bond donors (Lipinski definition) is 1. The molecule has 0 aliphatic heterocycles. The lowest BCUT2D eigenvalue weighted by Gasteiger charge is -2.22. The summed E-state index contributed by atoms with van der Waals surface area (Å²) in [5.74, 6) is 0.559. The van der Waals surface area contributed by atoms with Gasteiger partial charge in [-0.25, -0.2) is 14.8 Å². The molecule has 1 aromatic carbocycles. The maximum atomic E-state index is 11.5. The van der Waals surface area contributed by atoms with Crippen LogP contribution in [0, 0.1) is 12.8 Å². The molecule has 8 heteroatoms. The molecule has 0 unspecified atom stereocenters. The maximum Gasteiger partial charge on any atom is 0.439 e. The number of rotatable bonds is 4. The highest BCUT2D eigenvalue weighted by molar-refractivity contribution is 6.30. The molecule has 4 aromatic rings. The maximum absolute atomic E-state index is 11.5. The monoisotopic (exact) mass is 423 g/mol. The van der Waals surface area contributed by atoms with Crippen LogP contribution in [0.2, 0.25) is 5.02 Å². The van der Waals surface area contributed by atoms with Gasteiger partial charge in [-0.2, -0.15) is 0 Å². The highest BCUT2D eigenvalue weighted by Gasteiger charge is 2.22. The molecule has 1 N–H and O–H groups in total. The van der Waals surface area contributed by atoms with Gasteiger partial charge in [0, 0.05) is 23.3 Å². The first-order valence-electron chi connectivity index (χ1n) is 10.3. The molecule has 3 aromatic heterocycles. The van der Waals surface area contributed by atoms with E-state index in [0.717, 1.165) is 34.4 Å². The van der Waals surface area contributed by atoms with Crippen LogP contribution in [-0.2, 0) is 6.54 Å². The van der Waals surface area contributed by atoms with Gasteiger partial charge in [0.2, 0.25) is 11.6 Å². The summed E-state index contributed by atoms with van der Waals surface area (Å²) >= 11 is 6.28. The lowest BCUT2D eigenvalue weighted by Crippen LogP contribution is -2.14. The minimum Gasteiger partial charge on any atom is -0.344 e. The number of hydrogen-bond acceptors (Lipinski definition) is 5. The third-order valence-electron chi connectivity index (χ3n) is 5.82. The second kappa shape index (κ2) is 7.72. The van der Waals surface area contributed by atoms with E-state index in [0.29, 0.717) is 16.8 Å². The Labute approximate surface area is 178 Å². The van der Waals surface area contributed by atoms with Crippen molar-refractivity contribution in [1.82, 2.24) is 24.7 Å². The van der Waals surface area contributed by atoms with Crippen LogP contribution in [0.25, 0.3) is 33.9 Å². The fourth-order valence-corrected chi connectivity index (χ4v) is 4.61. The number of benzene rings is 1. The number of aryl methyl sites for hydroxylation is 1. The molecule has 1 fully saturated rings. The fourth-order valence-electron chi connectivity index (χ4n) is 4.42. The molecule has 1 saturated carbocycles. The van der Waals surface area contributed by atoms with E-state index in [1.807, 2.05) is 31.2 Å². The number of fused-ring (bicyclic) bond motifs is 1. The minimum atomic E-state index is -0.635. The van der Waals surface area contributed by atoms with E-state index in [9.17, 15) is 4.79 Å². The van der Waals surface area contributed by atoms with Gasteiger partial charge in [0.15, 0.2) is 0 Å². The third kappa shape index (κ3) is 3.54. The van der Waals surface area contributed by atoms with Crippen molar-refractivity contribution in [2.75, 3.05) is 0 Å². The van der Waals surface area contributed by atoms with E-state index in [-0.39, 0.29) is 5.82 Å². The van der Waals surface area contributed by atoms with Gasteiger partial charge in [-0.1, -0.05) is 48.2 Å². The normalized spacial score (nSPS) is 15.1. The zero-order valence-corrected chi connectivity index (χ0v) is 17.4. The molecule has 0 radical (unpaired) electrons. The quantitative estimate of drug-likeness (QED) is 0.499. The number of H-pyrrole nitrogens is 1. The Morgan fingerprint density at radius 3 is 2.80 bits per heavy atom. The average Bonchev–Trinajstić information content (AvgIpc) is 3.32. The van der Waals surface area contributed by atoms with Gasteiger partial charge in [-0.3, -0.25) is 9.51 Å². The van der Waals surface area contributed by atoms with Gasteiger partial charge in [0.05, 0.1) is 16.7 Å². The van der Waals surface area contributed by atoms with Crippen LogP contribution in [-0.4, -0.2) is 24.7 Å². The third-order valence-corrected chi connectivity index (χ3v) is 6.06. The lowest BCUT2D eigenvalue weighted by molar-refractivity contribution is 0.322. The predicted molar refractivity (Wildman–Crippen MR) is 115 cm³/mol. The number of nitrogens with one attached hydrogen (secondary N) is 1. The Balaban J connectivity index is 1.72. The molecule has 3 heterocycles. The Morgan fingerprint density at radius 2 is 2.07 bits per heavy atom. The standard InChI is InChI=1S/C22H22ClN5O2/c1-13-11-28(12-14-6-3-2-4-7-14)19-17(13)24-20(21-26-22(29)30-27-21)25-18(19)15-8-5-9-16(23)10-15/h5,8-11,14H,2-4,6-7,12H2,1H3,(H,26,27,29). The van der Waals surface area contributed by atoms with Crippen molar-refractivity contribution in [1.29, 1.82) is 0 Å². The van der Waals surface area contributed by atoms with Crippen LogP contribution < -0.4 is 5.76 Å². The minimum absolute atomic E-state index is 0.213. The van der Waals surface area contributed by atoms with Crippen molar-refractivity contribution < 1.29 is 4.52 Å². The molecule has 1 aliphatic carbocycles. The van der Waals surface area contributed by atoms with E-state index in [4.69, 9.17) is 21.6 Å². The number of aromatic nitrogens is 5. The Hall–Kier alpha value is -2.93. The van der Waals surface area contributed by atoms with Crippen LogP contribution in [0.3, 0.4) is 0 Å². The summed E-state index contributed by atoms with van der Waals surface area (Å²) < 4.78 is 6.95. The predicted octanol–water partition coefficient (Wildman–Crippen LogP) is 4.98. The molecule has 0 bridgehead atoms. The first-order valence-corrected chi connectivity index (χ1v) is 10.7. The zero-order chi connectivity index (χ0) is 20.7. The molecule has 7 nitrogen and oxygen atoms in total. The summed E-state index contributed by atoms with van der Waals surface area (Å²) in [4.78, 5) is 23.5. The summed E-state index contributed by atoms with van der Waals surface area (Å²) in [5, 5.41) is 4.41. The van der Waals surface area contributed by atoms with E-state index >= 15 is 0 Å². The SMILES string of the molecule is Cc1cn(CC2CCCCC2)c2c(-c3cccc(Cl)c3)nc(-c3noc(=O)[nH]3)nc12. The van der Waals surface area contributed by atoms with Gasteiger partial charge in [-0.05, 0) is 43.4 Å². The average molecular weight is 424 g/mol. The first-order chi connectivity index (χ1) is 14.6. The van der Waals surface area contributed by atoms with Crippen LogP contribution in [0.4, 0.5) is 0 Å². The molecule has 0 amide bonds. The summed E-state index contributed by atoms with van der Waals surface area (Å²) in [6, 6.07) is 7.62. The Kier molecular flexibility index (Phi) is 4.90. The molecular weight excluding hydrogens is 402 g/mol. The second-order valence-corrected chi connectivity index (χ2v) is 8.45. The summed E-state index contributed by atoms with van der Waals surface area (Å²) in [6.07, 6.45) is 8.58. The van der Waals surface area contributed by atoms with Gasteiger partial charge in [0.25, 0.3) is 0 Å². The summed E-state index contributed by atoms with van der Waals surface area (Å²) in [6.45, 7) is 2.99. The van der Waals surface area contributed by atoms with E-state index in [1.54, 1.807) is 0 Å². The van der Waals surface area contributed by atoms with Crippen LogP contribution in [0.5, 0.6) is 0 Å². The number of halogens is 1. The summed E-state index contributed by atoms with van der Waals surface area (Å²) in [5.41, 5.74) is 4.54. The molecule has 1 aliphatic rings. The first kappa shape index (κ1) is 19.1. The van der Waals surface area contributed by atoms with Gasteiger partial charge in [0.1, 0.15) is 0 Å². The highest BCUT2D eigenvalue weighted by Crippen LogP contribution is 2.34. The van der Waals surface area contributed by atoms with Crippen molar-refractivity contribution in [3.63, 3.8) is 0 Å². The van der Waals surface area contributed by atoms with Crippen LogP contribution in [0.1, 0.15) is 37.7 Å². The van der Waals surface area contributed by atoms with E-state index < -0.39 is 5.76 Å². The molecule has 154 valence electrons. The second-order valence-electron chi connectivity index (χ2n) is 8.02. The van der Waals surface area contributed by atoms with Crippen molar-refractivity contribution in [2.45, 2.75) is 45.6 Å². The molecule has 0 saturated heterocycles. The van der Waals surface area contributed by atoms with Gasteiger partial charge >= 0.3 is 5.76 Å². The van der Waals surface area contributed by atoms with Gasteiger partial charge < -0.3 is 4.57 Å². The number of aromatic amines is 1. The van der Waals surface area contributed by atoms with Crippen molar-refractivity contribution in [2.24, 2.45) is 5.92 Å². The van der Waals surface area contributed by atoms with Gasteiger partial charge in [-0.15, -0.1) is 0 Å². The Bertz CT molecular complexity index is 1270. The summed E-state index contributed by atoms with van der Waals surface area (Å²) in [7, 11) is 0. The van der Waals surface area contributed by atoms with Crippen LogP contribution in [0.15, 0.2) is 39.8 Å². The molecule has 30 heavy (non-hydrogen) atoms. The topological polar surface area (TPSA) is 89.6 Å². The largest absolute Gasteiger partial charge is 0.439 e. The lowest BCUT2D eigenvalue weighted by atomic mass is 9.89. The van der Waals surface area contributed by atoms with Crippen molar-refractivity contribution in [3.8, 4) is 22.9 Å².